The number of aliphatic carboxylic acids is 1. The van der Waals surface area contributed by atoms with Gasteiger partial charge in [-0.3, -0.25) is 0 Å². The molecule has 174 valence electrons. The van der Waals surface area contributed by atoms with Crippen molar-refractivity contribution >= 4 is 23.2 Å². The van der Waals surface area contributed by atoms with E-state index in [2.05, 4.69) is 57.4 Å². The van der Waals surface area contributed by atoms with Gasteiger partial charge in [-0.25, -0.2) is 0 Å². The van der Waals surface area contributed by atoms with Gasteiger partial charge < -0.3 is 0 Å². The third-order valence-electron chi connectivity index (χ3n) is 4.55. The van der Waals surface area contributed by atoms with Crippen molar-refractivity contribution in [3.05, 3.63) is 57.3 Å². The molecule has 0 bridgehead atoms. The van der Waals surface area contributed by atoms with Gasteiger partial charge in [-0.1, -0.05) is 19.8 Å². The van der Waals surface area contributed by atoms with E-state index in [9.17, 15) is 14.7 Å². The number of aryl methyl sites for hydroxylation is 1. The third-order valence-corrected chi connectivity index (χ3v) is 9.06. The van der Waals surface area contributed by atoms with Gasteiger partial charge >= 0.3 is 169 Å². The molecule has 2 aromatic rings. The molecular formula is C25H33IN2O3S. The van der Waals surface area contributed by atoms with Crippen molar-refractivity contribution in [1.29, 1.82) is 0 Å². The molecule has 1 aromatic heterocycles. The fourth-order valence-corrected chi connectivity index (χ4v) is 5.85. The Morgan fingerprint density at radius 3 is 2.44 bits per heavy atom. The number of hydrogen-bond acceptors (Lipinski definition) is 3. The summed E-state index contributed by atoms with van der Waals surface area (Å²) in [6.07, 6.45) is 4.74. The average Bonchev–Trinajstić information content (AvgIpc) is 3.20. The molecule has 0 aliphatic heterocycles. The Morgan fingerprint density at radius 2 is 1.81 bits per heavy atom. The van der Waals surface area contributed by atoms with Gasteiger partial charge in [0.15, 0.2) is 0 Å². The van der Waals surface area contributed by atoms with Crippen LogP contribution in [0.15, 0.2) is 36.4 Å². The maximum absolute atomic E-state index is 12.7. The van der Waals surface area contributed by atoms with E-state index in [0.29, 0.717) is 9.30 Å². The Balaban J connectivity index is 1.97. The quantitative estimate of drug-likeness (QED) is 0.141. The molecule has 0 saturated carbocycles. The number of carbonyl (C=O) groups is 2. The molecule has 0 saturated heterocycles. The van der Waals surface area contributed by atoms with E-state index in [1.54, 1.807) is 6.07 Å². The summed E-state index contributed by atoms with van der Waals surface area (Å²) in [4.78, 5) is 25.2. The van der Waals surface area contributed by atoms with Crippen LogP contribution in [0.2, 0.25) is 0 Å². The van der Waals surface area contributed by atoms with Crippen LogP contribution in [0.4, 0.5) is 0 Å². The summed E-state index contributed by atoms with van der Waals surface area (Å²) in [5.41, 5.74) is 2.29. The van der Waals surface area contributed by atoms with Crippen LogP contribution < -0.4 is 26.8 Å². The SMILES string of the molecule is CCCCCc1ccc(C#Cc2ccc(C(=O)N[C@@H](C[I-][N+](C)(C)C)CC(=O)O)s2)cc1. The molecular weight excluding hydrogens is 535 g/mol. The fourth-order valence-electron chi connectivity index (χ4n) is 2.90. The molecule has 0 aliphatic rings. The Kier molecular flexibility index (Phi) is 10.7. The number of carboxylic acids is 1. The van der Waals surface area contributed by atoms with E-state index >= 15 is 0 Å². The molecule has 2 N–H and O–H groups in total. The van der Waals surface area contributed by atoms with E-state index in [1.807, 2.05) is 18.2 Å². The number of benzene rings is 1. The van der Waals surface area contributed by atoms with Crippen molar-refractivity contribution in [2.75, 3.05) is 25.6 Å². The number of rotatable bonds is 11. The number of unbranched alkanes of at least 4 members (excludes halogenated alkanes) is 2. The van der Waals surface area contributed by atoms with Crippen LogP contribution >= 0.6 is 11.3 Å². The average molecular weight is 569 g/mol. The summed E-state index contributed by atoms with van der Waals surface area (Å²) >= 11 is 1.05. The number of nitrogens with one attached hydrogen (secondary N) is 1. The standard InChI is InChI=1S/C25H33IN2O3S/c1-5-6-7-8-19-9-11-20(12-10-19)13-14-22-15-16-23(32-22)25(31)27-21(17-24(29)30)18-26-28(2,3)4/h9-12,15-16,21H,5-8,17-18H2,1-4H3,(H,27,31)(H,29,30)/t21-/m1/s1. The Hall–Kier alpha value is -1.89. The van der Waals surface area contributed by atoms with Crippen LogP contribution in [0.1, 0.15) is 58.3 Å². The molecule has 32 heavy (non-hydrogen) atoms. The first-order valence-corrected chi connectivity index (χ1v) is 14.1. The zero-order valence-electron chi connectivity index (χ0n) is 19.3. The number of carboxylic acid groups (broad SMARTS) is 1. The van der Waals surface area contributed by atoms with Gasteiger partial charge in [0.1, 0.15) is 0 Å². The molecule has 0 fully saturated rings. The van der Waals surface area contributed by atoms with Crippen molar-refractivity contribution in [1.82, 2.24) is 5.32 Å². The summed E-state index contributed by atoms with van der Waals surface area (Å²) in [5.74, 6) is 5.18. The van der Waals surface area contributed by atoms with Crippen molar-refractivity contribution < 1.29 is 38.9 Å². The van der Waals surface area contributed by atoms with E-state index in [4.69, 9.17) is 0 Å². The number of alkyl halides is 1. The summed E-state index contributed by atoms with van der Waals surface area (Å²) in [5, 5.41) is 12.1. The van der Waals surface area contributed by atoms with Crippen molar-refractivity contribution in [3.8, 4) is 11.8 Å². The molecule has 1 atom stereocenters. The van der Waals surface area contributed by atoms with Gasteiger partial charge in [0, 0.05) is 0 Å². The fraction of sp³-hybridized carbons (Fsp3) is 0.440. The molecule has 0 unspecified atom stereocenters. The first-order valence-electron chi connectivity index (χ1n) is 10.8. The first-order chi connectivity index (χ1) is 15.2. The van der Waals surface area contributed by atoms with E-state index < -0.39 is 5.97 Å². The predicted octanol–water partition coefficient (Wildman–Crippen LogP) is 1.16. The Bertz CT molecular complexity index is 952. The summed E-state index contributed by atoms with van der Waals surface area (Å²) in [7, 11) is 6.28. The van der Waals surface area contributed by atoms with Crippen molar-refractivity contribution in [2.24, 2.45) is 0 Å². The van der Waals surface area contributed by atoms with Crippen LogP contribution in [-0.4, -0.2) is 51.3 Å². The minimum atomic E-state index is -0.894. The molecule has 1 aromatic carbocycles. The zero-order valence-corrected chi connectivity index (χ0v) is 22.3. The molecule has 0 radical (unpaired) electrons. The van der Waals surface area contributed by atoms with Crippen LogP contribution in [-0.2, 0) is 11.2 Å². The van der Waals surface area contributed by atoms with Crippen LogP contribution in [0.3, 0.4) is 0 Å². The predicted molar refractivity (Wildman–Crippen MR) is 126 cm³/mol. The molecule has 0 spiro atoms. The second-order valence-corrected chi connectivity index (χ2v) is 14.0. The molecule has 5 nitrogen and oxygen atoms in total. The normalized spacial score (nSPS) is 12.1. The Labute approximate surface area is 206 Å². The van der Waals surface area contributed by atoms with E-state index in [1.165, 1.54) is 36.2 Å². The summed E-state index contributed by atoms with van der Waals surface area (Å²) in [6.45, 7) is 2.21. The van der Waals surface area contributed by atoms with Gasteiger partial charge in [-0.05, 0) is 18.4 Å². The number of amides is 1. The monoisotopic (exact) mass is 568 g/mol. The number of nitrogens with zero attached hydrogens (tertiary/aromatic N) is 1. The van der Waals surface area contributed by atoms with Crippen molar-refractivity contribution in [3.63, 3.8) is 0 Å². The minimum absolute atomic E-state index is 0.0576. The summed E-state index contributed by atoms with van der Waals surface area (Å²) in [6, 6.07) is 11.6. The maximum atomic E-state index is 12.7. The van der Waals surface area contributed by atoms with Gasteiger partial charge in [0.25, 0.3) is 0 Å². The molecule has 1 amide bonds. The molecule has 2 rings (SSSR count). The van der Waals surface area contributed by atoms with Gasteiger partial charge in [-0.2, -0.15) is 0 Å². The van der Waals surface area contributed by atoms with Gasteiger partial charge in [0.2, 0.25) is 0 Å². The van der Waals surface area contributed by atoms with Crippen LogP contribution in [0.5, 0.6) is 0 Å². The van der Waals surface area contributed by atoms with Gasteiger partial charge in [0.05, 0.1) is 0 Å². The number of halogens is 1. The second-order valence-electron chi connectivity index (χ2n) is 8.46. The zero-order chi connectivity index (χ0) is 23.6. The topological polar surface area (TPSA) is 66.4 Å². The Morgan fingerprint density at radius 1 is 1.09 bits per heavy atom. The number of quaternary nitrogens is 1. The van der Waals surface area contributed by atoms with E-state index in [-0.39, 0.29) is 39.8 Å². The third kappa shape index (κ3) is 10.2. The number of thiophene rings is 1. The molecule has 7 heteroatoms. The van der Waals surface area contributed by atoms with E-state index in [0.717, 1.165) is 19.6 Å². The summed E-state index contributed by atoms with van der Waals surface area (Å²) < 4.78 is 1.54. The van der Waals surface area contributed by atoms with Crippen LogP contribution in [0.25, 0.3) is 0 Å². The molecule has 1 heterocycles. The van der Waals surface area contributed by atoms with Crippen molar-refractivity contribution in [2.45, 2.75) is 45.1 Å². The molecule has 0 aliphatic carbocycles. The number of hydrogen-bond donors (Lipinski definition) is 2. The second kappa shape index (κ2) is 13.0. The van der Waals surface area contributed by atoms with Gasteiger partial charge in [-0.15, -0.1) is 0 Å². The first kappa shape index (κ1) is 26.4. The number of carbonyl (C=O) groups excluding carboxylic acids is 1. The van der Waals surface area contributed by atoms with Crippen LogP contribution in [0, 0.1) is 11.8 Å².